The minimum atomic E-state index is 0.845. The largest absolute Gasteiger partial charge is 0.453 e. The van der Waals surface area contributed by atoms with Gasteiger partial charge in [-0.3, -0.25) is 0 Å². The Labute approximate surface area is 309 Å². The number of anilines is 6. The minimum Gasteiger partial charge on any atom is -0.453 e. The van der Waals surface area contributed by atoms with Crippen molar-refractivity contribution in [3.8, 4) is 28.3 Å². The van der Waals surface area contributed by atoms with Crippen LogP contribution in [0.25, 0.3) is 38.6 Å². The van der Waals surface area contributed by atoms with Crippen LogP contribution in [0, 0.1) is 6.92 Å². The Morgan fingerprint density at radius 3 is 1.64 bits per heavy atom. The smallest absolute Gasteiger partial charge is 0.151 e. The van der Waals surface area contributed by atoms with Gasteiger partial charge in [0.25, 0.3) is 0 Å². The van der Waals surface area contributed by atoms with Crippen molar-refractivity contribution in [2.45, 2.75) is 6.92 Å². The van der Waals surface area contributed by atoms with Gasteiger partial charge in [-0.2, -0.15) is 0 Å². The topological polar surface area (TPSA) is 20.6 Å². The van der Waals surface area contributed by atoms with Gasteiger partial charge in [0, 0.05) is 39.2 Å². The van der Waals surface area contributed by atoms with Gasteiger partial charge in [-0.1, -0.05) is 109 Å². The van der Waals surface area contributed by atoms with Crippen molar-refractivity contribution in [1.29, 1.82) is 0 Å². The van der Waals surface area contributed by atoms with E-state index in [9.17, 15) is 0 Å². The van der Waals surface area contributed by atoms with E-state index in [4.69, 9.17) is 4.74 Å². The first kappa shape index (κ1) is 30.8. The molecule has 8 aromatic carbocycles. The van der Waals surface area contributed by atoms with E-state index in [0.29, 0.717) is 0 Å². The molecule has 0 saturated heterocycles. The molecule has 1 aliphatic rings. The minimum absolute atomic E-state index is 0.845. The molecule has 4 nitrogen and oxygen atoms in total. The van der Waals surface area contributed by atoms with Crippen molar-refractivity contribution in [3.63, 3.8) is 0 Å². The van der Waals surface area contributed by atoms with E-state index in [1.807, 2.05) is 24.3 Å². The molecule has 53 heavy (non-hydrogen) atoms. The lowest BCUT2D eigenvalue weighted by molar-refractivity contribution is 0.477. The van der Waals surface area contributed by atoms with Crippen LogP contribution in [-0.2, 0) is 0 Å². The summed E-state index contributed by atoms with van der Waals surface area (Å²) in [6.07, 6.45) is 0. The van der Waals surface area contributed by atoms with Crippen LogP contribution in [0.3, 0.4) is 0 Å². The van der Waals surface area contributed by atoms with E-state index in [2.05, 4.69) is 191 Å². The van der Waals surface area contributed by atoms with Gasteiger partial charge in [0.2, 0.25) is 0 Å². The Hall–Kier alpha value is -7.04. The van der Waals surface area contributed by atoms with Crippen molar-refractivity contribution in [2.24, 2.45) is 0 Å². The Kier molecular flexibility index (Phi) is 7.33. The predicted molar refractivity (Wildman–Crippen MR) is 220 cm³/mol. The molecule has 0 radical (unpaired) electrons. The fourth-order valence-electron chi connectivity index (χ4n) is 7.68. The molecular weight excluding hydrogens is 647 g/mol. The molecule has 0 bridgehead atoms. The van der Waals surface area contributed by atoms with Gasteiger partial charge in [-0.25, -0.2) is 0 Å². The number of hydrogen-bond donors (Lipinski definition) is 0. The van der Waals surface area contributed by atoms with E-state index in [1.165, 1.54) is 33.0 Å². The van der Waals surface area contributed by atoms with Gasteiger partial charge in [0.05, 0.1) is 22.4 Å². The molecule has 0 N–H and O–H groups in total. The maximum Gasteiger partial charge on any atom is 0.151 e. The highest BCUT2D eigenvalue weighted by Gasteiger charge is 2.25. The summed E-state index contributed by atoms with van der Waals surface area (Å²) in [6.45, 7) is 2.13. The zero-order valence-corrected chi connectivity index (χ0v) is 29.2. The van der Waals surface area contributed by atoms with Crippen LogP contribution in [0.2, 0.25) is 0 Å². The molecule has 0 amide bonds. The van der Waals surface area contributed by atoms with Crippen LogP contribution in [-0.4, -0.2) is 4.57 Å². The van der Waals surface area contributed by atoms with Crippen LogP contribution < -0.4 is 14.5 Å². The fraction of sp³-hybridized carbons (Fsp3) is 0.0204. The van der Waals surface area contributed by atoms with Crippen LogP contribution in [0.1, 0.15) is 5.56 Å². The van der Waals surface area contributed by atoms with Crippen LogP contribution >= 0.6 is 0 Å². The van der Waals surface area contributed by atoms with Crippen molar-refractivity contribution in [2.75, 3.05) is 9.80 Å². The summed E-state index contributed by atoms with van der Waals surface area (Å²) in [6, 6.07) is 69.1. The number of aryl methyl sites for hydroxylation is 1. The summed E-state index contributed by atoms with van der Waals surface area (Å²) in [5.74, 6) is 1.69. The number of benzene rings is 8. The Morgan fingerprint density at radius 1 is 0.415 bits per heavy atom. The summed E-state index contributed by atoms with van der Waals surface area (Å²) in [5.41, 5.74) is 13.5. The zero-order chi connectivity index (χ0) is 35.3. The summed E-state index contributed by atoms with van der Waals surface area (Å²) >= 11 is 0. The standard InChI is InChI=1S/C49H35N3O/c1-34-19-23-37(24-20-34)50(38-25-21-36(22-26-38)35-11-3-2-4-12-35)41-31-32-43-42-13-5-6-14-44(42)51(47(43)33-41)39-27-29-40(30-28-39)52-45-15-7-9-17-48(45)53-49-18-10-8-16-46(49)52/h2-33H,1H3. The number of aromatic nitrogens is 1. The summed E-state index contributed by atoms with van der Waals surface area (Å²) < 4.78 is 8.68. The lowest BCUT2D eigenvalue weighted by atomic mass is 10.0. The number of rotatable bonds is 6. The summed E-state index contributed by atoms with van der Waals surface area (Å²) in [5, 5.41) is 2.44. The first-order valence-electron chi connectivity index (χ1n) is 18.0. The molecule has 252 valence electrons. The molecule has 9 aromatic rings. The second kappa shape index (κ2) is 12.6. The molecule has 10 rings (SSSR count). The number of hydrogen-bond acceptors (Lipinski definition) is 3. The number of nitrogens with zero attached hydrogens (tertiary/aromatic N) is 3. The molecule has 2 heterocycles. The Morgan fingerprint density at radius 2 is 0.943 bits per heavy atom. The first-order chi connectivity index (χ1) is 26.2. The maximum absolute atomic E-state index is 6.28. The Balaban J connectivity index is 1.11. The normalized spacial score (nSPS) is 12.0. The predicted octanol–water partition coefficient (Wildman–Crippen LogP) is 13.8. The average Bonchev–Trinajstić information content (AvgIpc) is 3.55. The molecule has 4 heteroatoms. The monoisotopic (exact) mass is 681 g/mol. The van der Waals surface area contributed by atoms with Crippen molar-refractivity contribution >= 4 is 55.9 Å². The van der Waals surface area contributed by atoms with Crippen LogP contribution in [0.4, 0.5) is 34.1 Å². The third kappa shape index (κ3) is 5.31. The van der Waals surface area contributed by atoms with Crippen molar-refractivity contribution in [3.05, 3.63) is 200 Å². The van der Waals surface area contributed by atoms with Crippen molar-refractivity contribution < 1.29 is 4.74 Å². The molecule has 0 unspecified atom stereocenters. The van der Waals surface area contributed by atoms with Gasteiger partial charge < -0.3 is 19.1 Å². The SMILES string of the molecule is Cc1ccc(N(c2ccc(-c3ccccc3)cc2)c2ccc3c4ccccc4n(-c4ccc(N5c6ccccc6Oc6ccccc65)cc4)c3c2)cc1. The summed E-state index contributed by atoms with van der Waals surface area (Å²) in [4.78, 5) is 4.64. The van der Waals surface area contributed by atoms with Crippen molar-refractivity contribution in [1.82, 2.24) is 4.57 Å². The second-order valence-electron chi connectivity index (χ2n) is 13.5. The fourth-order valence-corrected chi connectivity index (χ4v) is 7.68. The molecule has 0 aliphatic carbocycles. The molecule has 0 spiro atoms. The molecule has 1 aromatic heterocycles. The van der Waals surface area contributed by atoms with Crippen LogP contribution in [0.15, 0.2) is 194 Å². The molecule has 1 aliphatic heterocycles. The van der Waals surface area contributed by atoms with E-state index < -0.39 is 0 Å². The van der Waals surface area contributed by atoms with Crippen LogP contribution in [0.5, 0.6) is 11.5 Å². The van der Waals surface area contributed by atoms with E-state index in [-0.39, 0.29) is 0 Å². The summed E-state index contributed by atoms with van der Waals surface area (Å²) in [7, 11) is 0. The van der Waals surface area contributed by atoms with E-state index in [1.54, 1.807) is 0 Å². The maximum atomic E-state index is 6.28. The van der Waals surface area contributed by atoms with E-state index in [0.717, 1.165) is 56.8 Å². The highest BCUT2D eigenvalue weighted by atomic mass is 16.5. The highest BCUT2D eigenvalue weighted by molar-refractivity contribution is 6.10. The zero-order valence-electron chi connectivity index (χ0n) is 29.2. The quantitative estimate of drug-likeness (QED) is 0.174. The Bertz CT molecular complexity index is 2700. The molecule has 0 saturated carbocycles. The molecule has 0 fully saturated rings. The average molecular weight is 682 g/mol. The third-order valence-electron chi connectivity index (χ3n) is 10.2. The van der Waals surface area contributed by atoms with E-state index >= 15 is 0 Å². The third-order valence-corrected chi connectivity index (χ3v) is 10.2. The highest BCUT2D eigenvalue weighted by Crippen LogP contribution is 2.50. The van der Waals surface area contributed by atoms with Gasteiger partial charge >= 0.3 is 0 Å². The van der Waals surface area contributed by atoms with Gasteiger partial charge in [0.15, 0.2) is 11.5 Å². The lowest BCUT2D eigenvalue weighted by Gasteiger charge is -2.32. The number of fused-ring (bicyclic) bond motifs is 5. The first-order valence-corrected chi connectivity index (χ1v) is 18.0. The van der Waals surface area contributed by atoms with Gasteiger partial charge in [-0.15, -0.1) is 0 Å². The number of ether oxygens (including phenoxy) is 1. The van der Waals surface area contributed by atoms with Gasteiger partial charge in [0.1, 0.15) is 0 Å². The molecule has 0 atom stereocenters. The van der Waals surface area contributed by atoms with Gasteiger partial charge in [-0.05, 0) is 109 Å². The number of para-hydroxylation sites is 5. The lowest BCUT2D eigenvalue weighted by Crippen LogP contribution is -2.15. The second-order valence-corrected chi connectivity index (χ2v) is 13.5. The molecular formula is C49H35N3O.